The fourth-order valence-corrected chi connectivity index (χ4v) is 2.79. The van der Waals surface area contributed by atoms with Crippen molar-refractivity contribution in [2.45, 2.75) is 12.3 Å². The third-order valence-electron chi connectivity index (χ3n) is 3.93. The van der Waals surface area contributed by atoms with Gasteiger partial charge in [-0.3, -0.25) is 9.59 Å². The average Bonchev–Trinajstić information content (AvgIpc) is 2.93. The van der Waals surface area contributed by atoms with E-state index in [-0.39, 0.29) is 17.4 Å². The molecule has 0 aliphatic carbocycles. The highest BCUT2D eigenvalue weighted by atomic mass is 19.1. The van der Waals surface area contributed by atoms with Crippen molar-refractivity contribution in [2.24, 2.45) is 5.73 Å². The summed E-state index contributed by atoms with van der Waals surface area (Å²) in [6, 6.07) is 11.9. The van der Waals surface area contributed by atoms with Crippen LogP contribution in [0.4, 0.5) is 4.39 Å². The molecule has 3 rings (SSSR count). The first-order valence-electron chi connectivity index (χ1n) is 7.01. The molecule has 2 aromatic rings. The molecule has 0 aromatic heterocycles. The van der Waals surface area contributed by atoms with Crippen molar-refractivity contribution in [1.82, 2.24) is 5.32 Å². The fraction of sp³-hybridized carbons (Fsp3) is 0.176. The molecule has 0 spiro atoms. The first-order valence-corrected chi connectivity index (χ1v) is 7.01. The number of carbonyl (C=O) groups is 2. The van der Waals surface area contributed by atoms with Gasteiger partial charge in [0.1, 0.15) is 5.82 Å². The average molecular weight is 298 g/mol. The van der Waals surface area contributed by atoms with Gasteiger partial charge in [0.2, 0.25) is 5.91 Å². The van der Waals surface area contributed by atoms with E-state index in [0.717, 1.165) is 5.56 Å². The van der Waals surface area contributed by atoms with Crippen LogP contribution < -0.4 is 11.1 Å². The number of hydrogen-bond acceptors (Lipinski definition) is 2. The van der Waals surface area contributed by atoms with Crippen molar-refractivity contribution < 1.29 is 14.0 Å². The van der Waals surface area contributed by atoms with Gasteiger partial charge in [-0.25, -0.2) is 4.39 Å². The molecule has 1 atom stereocenters. The van der Waals surface area contributed by atoms with Crippen molar-refractivity contribution in [1.29, 1.82) is 0 Å². The number of carbonyl (C=O) groups excluding carboxylic acids is 2. The van der Waals surface area contributed by atoms with Crippen LogP contribution in [-0.2, 0) is 4.79 Å². The number of primary amides is 1. The van der Waals surface area contributed by atoms with Crippen molar-refractivity contribution in [3.63, 3.8) is 0 Å². The molecule has 1 fully saturated rings. The maximum absolute atomic E-state index is 13.8. The lowest BCUT2D eigenvalue weighted by Gasteiger charge is -2.11. The molecule has 2 aromatic carbocycles. The van der Waals surface area contributed by atoms with Gasteiger partial charge < -0.3 is 11.1 Å². The van der Waals surface area contributed by atoms with Crippen LogP contribution in [0, 0.1) is 5.82 Å². The van der Waals surface area contributed by atoms with Crippen LogP contribution in [0.2, 0.25) is 0 Å². The van der Waals surface area contributed by atoms with Gasteiger partial charge in [0.05, 0.1) is 5.56 Å². The molecule has 3 N–H and O–H groups in total. The lowest BCUT2D eigenvalue weighted by atomic mass is 9.93. The fourth-order valence-electron chi connectivity index (χ4n) is 2.79. The van der Waals surface area contributed by atoms with Crippen molar-refractivity contribution in [3.05, 3.63) is 59.4 Å². The van der Waals surface area contributed by atoms with Gasteiger partial charge in [0.15, 0.2) is 0 Å². The standard InChI is InChI=1S/C17H15FN2O2/c18-14-3-1-2-13(16(14)17(19)22)11-6-4-10(5-7-11)12-8-15(21)20-9-12/h1-7,12H,8-9H2,(H2,19,22)(H,20,21). The molecule has 22 heavy (non-hydrogen) atoms. The number of halogens is 1. The maximum Gasteiger partial charge on any atom is 0.252 e. The first kappa shape index (κ1) is 14.3. The minimum atomic E-state index is -0.789. The van der Waals surface area contributed by atoms with Crippen LogP contribution in [0.1, 0.15) is 28.3 Å². The minimum Gasteiger partial charge on any atom is -0.365 e. The lowest BCUT2D eigenvalue weighted by Crippen LogP contribution is -2.14. The van der Waals surface area contributed by atoms with E-state index in [1.54, 1.807) is 12.1 Å². The van der Waals surface area contributed by atoms with Crippen molar-refractivity contribution in [3.8, 4) is 11.1 Å². The molecule has 1 aliphatic heterocycles. The Bertz CT molecular complexity index is 741. The molecule has 2 amide bonds. The van der Waals surface area contributed by atoms with Crippen LogP contribution in [0.5, 0.6) is 0 Å². The van der Waals surface area contributed by atoms with Gasteiger partial charge in [0, 0.05) is 18.9 Å². The van der Waals surface area contributed by atoms with Gasteiger partial charge in [-0.1, -0.05) is 36.4 Å². The molecule has 112 valence electrons. The molecule has 0 saturated carbocycles. The lowest BCUT2D eigenvalue weighted by molar-refractivity contribution is -0.119. The molecule has 1 aliphatic rings. The number of benzene rings is 2. The number of rotatable bonds is 3. The maximum atomic E-state index is 13.8. The smallest absolute Gasteiger partial charge is 0.252 e. The number of nitrogens with one attached hydrogen (secondary N) is 1. The van der Waals surface area contributed by atoms with Gasteiger partial charge in [-0.2, -0.15) is 0 Å². The van der Waals surface area contributed by atoms with Crippen LogP contribution in [0.3, 0.4) is 0 Å². The Hall–Kier alpha value is -2.69. The second-order valence-corrected chi connectivity index (χ2v) is 5.35. The van der Waals surface area contributed by atoms with E-state index in [2.05, 4.69) is 5.32 Å². The molecule has 5 heteroatoms. The van der Waals surface area contributed by atoms with E-state index < -0.39 is 11.7 Å². The quantitative estimate of drug-likeness (QED) is 0.911. The van der Waals surface area contributed by atoms with E-state index in [0.29, 0.717) is 24.1 Å². The first-order chi connectivity index (χ1) is 10.6. The van der Waals surface area contributed by atoms with Crippen molar-refractivity contribution in [2.75, 3.05) is 6.54 Å². The largest absolute Gasteiger partial charge is 0.365 e. The second-order valence-electron chi connectivity index (χ2n) is 5.35. The van der Waals surface area contributed by atoms with E-state index >= 15 is 0 Å². The Kier molecular flexibility index (Phi) is 3.63. The monoisotopic (exact) mass is 298 g/mol. The molecule has 1 heterocycles. The molecule has 0 bridgehead atoms. The van der Waals surface area contributed by atoms with E-state index in [1.165, 1.54) is 6.07 Å². The molecule has 4 nitrogen and oxygen atoms in total. The summed E-state index contributed by atoms with van der Waals surface area (Å²) in [5, 5.41) is 2.80. The predicted molar refractivity (Wildman–Crippen MR) is 80.7 cm³/mol. The van der Waals surface area contributed by atoms with Crippen LogP contribution in [0.15, 0.2) is 42.5 Å². The van der Waals surface area contributed by atoms with E-state index in [9.17, 15) is 14.0 Å². The summed E-state index contributed by atoms with van der Waals surface area (Å²) in [6.07, 6.45) is 0.478. The zero-order valence-corrected chi connectivity index (χ0v) is 11.8. The number of nitrogens with two attached hydrogens (primary N) is 1. The van der Waals surface area contributed by atoms with Gasteiger partial charge in [-0.15, -0.1) is 0 Å². The Morgan fingerprint density at radius 3 is 2.50 bits per heavy atom. The van der Waals surface area contributed by atoms with Gasteiger partial charge in [-0.05, 0) is 22.8 Å². The Morgan fingerprint density at radius 1 is 1.18 bits per heavy atom. The highest BCUT2D eigenvalue weighted by molar-refractivity contribution is 6.00. The van der Waals surface area contributed by atoms with Gasteiger partial charge >= 0.3 is 0 Å². The summed E-state index contributed by atoms with van der Waals surface area (Å²) in [6.45, 7) is 0.630. The predicted octanol–water partition coefficient (Wildman–Crippen LogP) is 2.20. The zero-order valence-electron chi connectivity index (χ0n) is 11.8. The molecular weight excluding hydrogens is 283 g/mol. The molecule has 0 radical (unpaired) electrons. The van der Waals surface area contributed by atoms with Gasteiger partial charge in [0.25, 0.3) is 5.91 Å². The van der Waals surface area contributed by atoms with Crippen molar-refractivity contribution >= 4 is 11.8 Å². The Morgan fingerprint density at radius 2 is 1.91 bits per heavy atom. The molecular formula is C17H15FN2O2. The van der Waals surface area contributed by atoms with Crippen LogP contribution >= 0.6 is 0 Å². The Labute approximate surface area is 127 Å². The summed E-state index contributed by atoms with van der Waals surface area (Å²) >= 11 is 0. The van der Waals surface area contributed by atoms with E-state index in [1.807, 2.05) is 24.3 Å². The van der Waals surface area contributed by atoms with Crippen LogP contribution in [-0.4, -0.2) is 18.4 Å². The summed E-state index contributed by atoms with van der Waals surface area (Å²) < 4.78 is 13.8. The summed E-state index contributed by atoms with van der Waals surface area (Å²) in [4.78, 5) is 22.7. The highest BCUT2D eigenvalue weighted by Crippen LogP contribution is 2.29. The van der Waals surface area contributed by atoms with E-state index in [4.69, 9.17) is 5.73 Å². The Balaban J connectivity index is 1.95. The zero-order chi connectivity index (χ0) is 15.7. The number of hydrogen-bond donors (Lipinski definition) is 2. The molecule has 1 saturated heterocycles. The third kappa shape index (κ3) is 2.57. The summed E-state index contributed by atoms with van der Waals surface area (Å²) in [5.74, 6) is -1.21. The van der Waals surface area contributed by atoms with Crippen LogP contribution in [0.25, 0.3) is 11.1 Å². The third-order valence-corrected chi connectivity index (χ3v) is 3.93. The summed E-state index contributed by atoms with van der Waals surface area (Å²) in [7, 11) is 0. The normalized spacial score (nSPS) is 17.3. The second kappa shape index (κ2) is 5.60. The topological polar surface area (TPSA) is 72.2 Å². The SMILES string of the molecule is NC(=O)c1c(F)cccc1-c1ccc(C2CNC(=O)C2)cc1. The highest BCUT2D eigenvalue weighted by Gasteiger charge is 2.23. The summed E-state index contributed by atoms with van der Waals surface area (Å²) in [5.41, 5.74) is 7.40. The molecule has 1 unspecified atom stereocenters. The minimum absolute atomic E-state index is 0.0511. The number of amides is 2.